The van der Waals surface area contributed by atoms with Gasteiger partial charge >= 0.3 is 5.97 Å². The first kappa shape index (κ1) is 17.3. The van der Waals surface area contributed by atoms with Crippen LogP contribution in [0.3, 0.4) is 0 Å². The zero-order valence-corrected chi connectivity index (χ0v) is 13.9. The number of carbonyl (C=O) groups excluding carboxylic acids is 1. The number of ether oxygens (including phenoxy) is 1. The highest BCUT2D eigenvalue weighted by Crippen LogP contribution is 2.35. The highest BCUT2D eigenvalue weighted by Gasteiger charge is 2.33. The molecule has 1 heterocycles. The molecule has 1 aromatic heterocycles. The van der Waals surface area contributed by atoms with Crippen LogP contribution in [0.1, 0.15) is 33.4 Å². The Morgan fingerprint density at radius 3 is 2.30 bits per heavy atom. The minimum atomic E-state index is -4.07. The maximum atomic E-state index is 11.7. The normalized spacial score (nSPS) is 12.5. The molecule has 6 nitrogen and oxygen atoms in total. The van der Waals surface area contributed by atoms with Crippen molar-refractivity contribution in [3.8, 4) is 0 Å². The Bertz CT molecular complexity index is 617. The molecule has 114 valence electrons. The van der Waals surface area contributed by atoms with Gasteiger partial charge in [-0.2, -0.15) is 5.10 Å². The van der Waals surface area contributed by atoms with E-state index < -0.39 is 20.4 Å². The number of rotatable bonds is 4. The van der Waals surface area contributed by atoms with Crippen LogP contribution in [0, 0.1) is 0 Å². The first-order chi connectivity index (χ1) is 8.98. The van der Waals surface area contributed by atoms with Gasteiger partial charge in [0.25, 0.3) is 9.05 Å². The number of aromatic nitrogens is 2. The average molecular weight is 343 g/mol. The van der Waals surface area contributed by atoms with Crippen LogP contribution in [-0.2, 0) is 30.5 Å². The van der Waals surface area contributed by atoms with Gasteiger partial charge in [-0.05, 0) is 6.92 Å². The third-order valence-electron chi connectivity index (χ3n) is 2.39. The molecule has 0 spiro atoms. The Morgan fingerprint density at radius 2 is 1.95 bits per heavy atom. The first-order valence-electron chi connectivity index (χ1n) is 5.85. The van der Waals surface area contributed by atoms with E-state index in [4.69, 9.17) is 27.0 Å². The summed E-state index contributed by atoms with van der Waals surface area (Å²) >= 11 is 5.99. The predicted molar refractivity (Wildman–Crippen MR) is 75.6 cm³/mol. The van der Waals surface area contributed by atoms with Crippen molar-refractivity contribution in [1.29, 1.82) is 0 Å². The molecule has 0 fully saturated rings. The summed E-state index contributed by atoms with van der Waals surface area (Å²) in [6.45, 7) is 6.91. The maximum Gasteiger partial charge on any atom is 0.327 e. The maximum absolute atomic E-state index is 11.7. The molecule has 0 aromatic carbocycles. The topological polar surface area (TPSA) is 78.3 Å². The van der Waals surface area contributed by atoms with E-state index in [0.29, 0.717) is 0 Å². The van der Waals surface area contributed by atoms with E-state index in [9.17, 15) is 13.2 Å². The fraction of sp³-hybridized carbons (Fsp3) is 0.636. The van der Waals surface area contributed by atoms with Gasteiger partial charge < -0.3 is 4.74 Å². The molecule has 0 bridgehead atoms. The quantitative estimate of drug-likeness (QED) is 0.619. The van der Waals surface area contributed by atoms with E-state index in [0.717, 1.165) is 4.68 Å². The summed E-state index contributed by atoms with van der Waals surface area (Å²) < 4.78 is 29.2. The lowest BCUT2D eigenvalue weighted by molar-refractivity contribution is -0.144. The van der Waals surface area contributed by atoms with E-state index in [2.05, 4.69) is 5.10 Å². The van der Waals surface area contributed by atoms with Crippen molar-refractivity contribution in [1.82, 2.24) is 9.78 Å². The van der Waals surface area contributed by atoms with Gasteiger partial charge in [0.15, 0.2) is 0 Å². The van der Waals surface area contributed by atoms with Crippen LogP contribution in [0.5, 0.6) is 0 Å². The van der Waals surface area contributed by atoms with Gasteiger partial charge in [-0.3, -0.25) is 4.79 Å². The lowest BCUT2D eigenvalue weighted by atomic mass is 9.92. The molecule has 0 unspecified atom stereocenters. The van der Waals surface area contributed by atoms with Crippen molar-refractivity contribution in [3.05, 3.63) is 10.8 Å². The Morgan fingerprint density at radius 1 is 1.40 bits per heavy atom. The number of hydrogen-bond acceptors (Lipinski definition) is 5. The van der Waals surface area contributed by atoms with E-state index in [1.807, 2.05) is 0 Å². The molecule has 0 aliphatic carbocycles. The average Bonchev–Trinajstić information content (AvgIpc) is 2.55. The smallest absolute Gasteiger partial charge is 0.327 e. The van der Waals surface area contributed by atoms with Crippen LogP contribution >= 0.6 is 22.3 Å². The van der Waals surface area contributed by atoms with Gasteiger partial charge in [0, 0.05) is 16.1 Å². The molecule has 0 radical (unpaired) electrons. The summed E-state index contributed by atoms with van der Waals surface area (Å²) in [5.74, 6) is -0.559. The van der Waals surface area contributed by atoms with Gasteiger partial charge in [0.1, 0.15) is 16.6 Å². The van der Waals surface area contributed by atoms with Crippen molar-refractivity contribution in [3.63, 3.8) is 0 Å². The second-order valence-electron chi connectivity index (χ2n) is 5.12. The van der Waals surface area contributed by atoms with E-state index in [-0.39, 0.29) is 28.9 Å². The fourth-order valence-electron chi connectivity index (χ4n) is 1.57. The van der Waals surface area contributed by atoms with Crippen molar-refractivity contribution in [2.45, 2.75) is 44.6 Å². The number of carbonyl (C=O) groups is 1. The van der Waals surface area contributed by atoms with Crippen LogP contribution < -0.4 is 0 Å². The summed E-state index contributed by atoms with van der Waals surface area (Å²) in [7, 11) is 1.33. The van der Waals surface area contributed by atoms with Crippen LogP contribution in [-0.4, -0.2) is 30.8 Å². The van der Waals surface area contributed by atoms with Crippen molar-refractivity contribution in [2.75, 3.05) is 6.61 Å². The zero-order valence-electron chi connectivity index (χ0n) is 11.6. The summed E-state index contributed by atoms with van der Waals surface area (Å²) in [5.41, 5.74) is -0.386. The highest BCUT2D eigenvalue weighted by atomic mass is 35.7. The molecule has 0 amide bonds. The van der Waals surface area contributed by atoms with Crippen LogP contribution in [0.4, 0.5) is 0 Å². The van der Waals surface area contributed by atoms with Gasteiger partial charge in [-0.1, -0.05) is 32.4 Å². The van der Waals surface area contributed by atoms with Gasteiger partial charge in [-0.15, -0.1) is 0 Å². The lowest BCUT2D eigenvalue weighted by Crippen LogP contribution is -2.17. The fourth-order valence-corrected chi connectivity index (χ4v) is 3.50. The number of halogens is 2. The number of nitrogens with zero attached hydrogens (tertiary/aromatic N) is 2. The Hall–Kier alpha value is -0.790. The second kappa shape index (κ2) is 5.91. The molecular formula is C11H16Cl2N2O4S. The van der Waals surface area contributed by atoms with E-state index >= 15 is 0 Å². The standard InChI is InChI=1S/C11H16Cl2N2O4S/c1-5-19-7(16)6-15-10(12)8(20(13,17)18)9(14-15)11(2,3)4/h5-6H2,1-4H3. The summed E-state index contributed by atoms with van der Waals surface area (Å²) in [5, 5.41) is 3.89. The first-order valence-corrected chi connectivity index (χ1v) is 8.54. The molecule has 9 heteroatoms. The van der Waals surface area contributed by atoms with Crippen molar-refractivity contribution >= 4 is 37.3 Å². The lowest BCUT2D eigenvalue weighted by Gasteiger charge is -2.16. The molecule has 0 N–H and O–H groups in total. The largest absolute Gasteiger partial charge is 0.465 e. The van der Waals surface area contributed by atoms with Crippen LogP contribution in [0.2, 0.25) is 5.15 Å². The molecule has 0 atom stereocenters. The highest BCUT2D eigenvalue weighted by molar-refractivity contribution is 8.13. The number of esters is 1. The Kier molecular flexibility index (Phi) is 5.10. The Labute approximate surface area is 127 Å². The third kappa shape index (κ3) is 3.86. The molecule has 1 rings (SSSR count). The summed E-state index contributed by atoms with van der Waals surface area (Å²) in [4.78, 5) is 11.2. The Balaban J connectivity index is 3.38. The van der Waals surface area contributed by atoms with E-state index in [1.54, 1.807) is 27.7 Å². The minimum Gasteiger partial charge on any atom is -0.465 e. The monoisotopic (exact) mass is 342 g/mol. The molecule has 20 heavy (non-hydrogen) atoms. The third-order valence-corrected chi connectivity index (χ3v) is 4.22. The van der Waals surface area contributed by atoms with Crippen molar-refractivity contribution in [2.24, 2.45) is 0 Å². The molecule has 1 aromatic rings. The summed E-state index contributed by atoms with van der Waals surface area (Å²) in [6.07, 6.45) is 0. The second-order valence-corrected chi connectivity index (χ2v) is 7.98. The van der Waals surface area contributed by atoms with E-state index in [1.165, 1.54) is 0 Å². The zero-order chi connectivity index (χ0) is 15.7. The molecule has 0 aliphatic heterocycles. The van der Waals surface area contributed by atoms with Gasteiger partial charge in [-0.25, -0.2) is 13.1 Å². The predicted octanol–water partition coefficient (Wildman–Crippen LogP) is 2.32. The number of hydrogen-bond donors (Lipinski definition) is 0. The van der Waals surface area contributed by atoms with Crippen molar-refractivity contribution < 1.29 is 17.9 Å². The molecule has 0 aliphatic rings. The molecule has 0 saturated carbocycles. The molecular weight excluding hydrogens is 327 g/mol. The summed E-state index contributed by atoms with van der Waals surface area (Å²) in [6, 6.07) is 0. The van der Waals surface area contributed by atoms with Gasteiger partial charge in [0.05, 0.1) is 12.3 Å². The SMILES string of the molecule is CCOC(=O)Cn1nc(C(C)(C)C)c(S(=O)(=O)Cl)c1Cl. The minimum absolute atomic E-state index is 0.196. The van der Waals surface area contributed by atoms with Crippen LogP contribution in [0.25, 0.3) is 0 Å². The van der Waals surface area contributed by atoms with Gasteiger partial charge in [0.2, 0.25) is 0 Å². The van der Waals surface area contributed by atoms with Crippen LogP contribution in [0.15, 0.2) is 4.90 Å². The molecule has 0 saturated heterocycles.